The van der Waals surface area contributed by atoms with Gasteiger partial charge in [0.1, 0.15) is 10.5 Å². The van der Waals surface area contributed by atoms with Crippen LogP contribution in [0.1, 0.15) is 22.6 Å². The predicted molar refractivity (Wildman–Crippen MR) is 116 cm³/mol. The maximum absolute atomic E-state index is 13.1. The smallest absolute Gasteiger partial charge is 0.338 e. The second-order valence-corrected chi connectivity index (χ2v) is 9.05. The molecule has 0 aliphatic carbocycles. The van der Waals surface area contributed by atoms with Gasteiger partial charge in [-0.3, -0.25) is 9.36 Å². The fraction of sp³-hybridized carbons (Fsp3) is 0.150. The van der Waals surface area contributed by atoms with Gasteiger partial charge in [-0.25, -0.2) is 4.79 Å². The van der Waals surface area contributed by atoms with E-state index < -0.39 is 11.9 Å². The highest BCUT2D eigenvalue weighted by atomic mass is 32.1. The summed E-state index contributed by atoms with van der Waals surface area (Å²) in [4.78, 5) is 27.7. The van der Waals surface area contributed by atoms with Gasteiger partial charge in [0.2, 0.25) is 0 Å². The van der Waals surface area contributed by atoms with Crippen molar-refractivity contribution in [3.63, 3.8) is 0 Å². The molecule has 0 bridgehead atoms. The fourth-order valence-electron chi connectivity index (χ4n) is 3.20. The number of aromatic nitrogens is 1. The van der Waals surface area contributed by atoms with E-state index >= 15 is 0 Å². The fourth-order valence-corrected chi connectivity index (χ4v) is 5.93. The zero-order valence-corrected chi connectivity index (χ0v) is 17.7. The third kappa shape index (κ3) is 3.25. The summed E-state index contributed by atoms with van der Waals surface area (Å²) in [6.45, 7) is 1.90. The van der Waals surface area contributed by atoms with Crippen molar-refractivity contribution in [2.24, 2.45) is 5.73 Å². The molecular weight excluding hydrogens is 426 g/mol. The molecule has 4 rings (SSSR count). The van der Waals surface area contributed by atoms with Gasteiger partial charge in [-0.05, 0) is 35.9 Å². The van der Waals surface area contributed by atoms with Crippen LogP contribution in [0.15, 0.2) is 45.4 Å². The average Bonchev–Trinajstić information content (AvgIpc) is 3.45. The third-order valence-electron chi connectivity index (χ3n) is 4.41. The number of allylic oxidation sites excluding steroid dienone is 1. The van der Waals surface area contributed by atoms with Gasteiger partial charge in [-0.1, -0.05) is 12.1 Å². The Labute approximate surface area is 177 Å². The molecule has 0 saturated heterocycles. The van der Waals surface area contributed by atoms with Crippen molar-refractivity contribution in [1.29, 1.82) is 5.26 Å². The van der Waals surface area contributed by atoms with Crippen molar-refractivity contribution in [3.05, 3.63) is 69.9 Å². The van der Waals surface area contributed by atoms with Crippen LogP contribution >= 0.6 is 34.0 Å². The van der Waals surface area contributed by atoms with E-state index in [0.29, 0.717) is 9.20 Å². The Balaban J connectivity index is 2.11. The van der Waals surface area contributed by atoms with Crippen LogP contribution in [-0.4, -0.2) is 17.1 Å². The van der Waals surface area contributed by atoms with Gasteiger partial charge < -0.3 is 10.5 Å². The molecular formula is C20H15N3O3S3. The molecule has 146 valence electrons. The lowest BCUT2D eigenvalue weighted by molar-refractivity contribution is -0.136. The van der Waals surface area contributed by atoms with Crippen molar-refractivity contribution in [2.75, 3.05) is 6.61 Å². The van der Waals surface area contributed by atoms with Crippen LogP contribution in [0, 0.1) is 11.3 Å². The Bertz CT molecular complexity index is 1320. The molecule has 9 heteroatoms. The summed E-state index contributed by atoms with van der Waals surface area (Å²) in [7, 11) is 0. The van der Waals surface area contributed by atoms with Crippen LogP contribution in [0.5, 0.6) is 0 Å². The summed E-state index contributed by atoms with van der Waals surface area (Å²) in [6, 6.07) is 9.60. The monoisotopic (exact) mass is 441 g/mol. The molecule has 29 heavy (non-hydrogen) atoms. The lowest BCUT2D eigenvalue weighted by Crippen LogP contribution is -2.40. The zero-order valence-electron chi connectivity index (χ0n) is 15.2. The van der Waals surface area contributed by atoms with Gasteiger partial charge in [0.15, 0.2) is 0 Å². The Morgan fingerprint density at radius 1 is 1.34 bits per heavy atom. The van der Waals surface area contributed by atoms with Gasteiger partial charge in [-0.15, -0.1) is 34.0 Å². The number of carbonyl (C=O) groups excluding carboxylic acids is 1. The third-order valence-corrected chi connectivity index (χ3v) is 7.27. The summed E-state index contributed by atoms with van der Waals surface area (Å²) in [5, 5.41) is 13.6. The maximum Gasteiger partial charge on any atom is 0.338 e. The second-order valence-electron chi connectivity index (χ2n) is 6.07. The number of thiophene rings is 2. The molecule has 1 aliphatic heterocycles. The molecule has 2 N–H and O–H groups in total. The quantitative estimate of drug-likeness (QED) is 0.625. The van der Waals surface area contributed by atoms with Gasteiger partial charge >= 0.3 is 5.97 Å². The summed E-state index contributed by atoms with van der Waals surface area (Å²) in [6.07, 6.45) is 1.77. The van der Waals surface area contributed by atoms with E-state index in [4.69, 9.17) is 10.5 Å². The molecule has 0 radical (unpaired) electrons. The first-order chi connectivity index (χ1) is 14.1. The average molecular weight is 442 g/mol. The normalized spacial score (nSPS) is 16.6. The number of carbonyl (C=O) groups is 1. The number of hydrogen-bond donors (Lipinski definition) is 1. The van der Waals surface area contributed by atoms with E-state index in [1.165, 1.54) is 38.6 Å². The highest BCUT2D eigenvalue weighted by molar-refractivity contribution is 7.11. The van der Waals surface area contributed by atoms with Gasteiger partial charge in [0.05, 0.1) is 34.3 Å². The molecule has 6 nitrogen and oxygen atoms in total. The van der Waals surface area contributed by atoms with Crippen LogP contribution in [0.25, 0.3) is 17.5 Å². The first kappa shape index (κ1) is 19.4. The topological polar surface area (TPSA) is 98.1 Å². The number of rotatable bonds is 4. The van der Waals surface area contributed by atoms with E-state index in [9.17, 15) is 14.9 Å². The lowest BCUT2D eigenvalue weighted by Gasteiger charge is -2.23. The van der Waals surface area contributed by atoms with E-state index in [1.54, 1.807) is 13.0 Å². The van der Waals surface area contributed by atoms with Crippen LogP contribution in [0.4, 0.5) is 0 Å². The van der Waals surface area contributed by atoms with E-state index in [0.717, 1.165) is 9.75 Å². The van der Waals surface area contributed by atoms with Crippen molar-refractivity contribution in [3.8, 4) is 6.07 Å². The first-order valence-electron chi connectivity index (χ1n) is 8.68. The second kappa shape index (κ2) is 7.83. The number of nitriles is 1. The molecule has 0 amide bonds. The maximum atomic E-state index is 13.1. The highest BCUT2D eigenvalue weighted by Gasteiger charge is 2.36. The molecule has 0 saturated carbocycles. The summed E-state index contributed by atoms with van der Waals surface area (Å²) < 4.78 is 7.40. The molecule has 0 fully saturated rings. The van der Waals surface area contributed by atoms with Crippen molar-refractivity contribution < 1.29 is 9.53 Å². The summed E-state index contributed by atoms with van der Waals surface area (Å²) in [5.41, 5.74) is 6.37. The van der Waals surface area contributed by atoms with Gasteiger partial charge in [0, 0.05) is 9.75 Å². The number of ether oxygens (including phenoxy) is 1. The molecule has 3 aromatic rings. The van der Waals surface area contributed by atoms with Crippen molar-refractivity contribution in [2.45, 2.75) is 12.8 Å². The van der Waals surface area contributed by atoms with Crippen molar-refractivity contribution >= 4 is 57.4 Å². The number of thiazole rings is 1. The van der Waals surface area contributed by atoms with Crippen LogP contribution in [-0.2, 0) is 9.53 Å². The number of nitrogens with zero attached hydrogens (tertiary/aromatic N) is 2. The molecule has 0 aromatic carbocycles. The molecule has 3 aromatic heterocycles. The van der Waals surface area contributed by atoms with Gasteiger partial charge in [0.25, 0.3) is 5.56 Å². The van der Waals surface area contributed by atoms with Crippen LogP contribution in [0.2, 0.25) is 0 Å². The Morgan fingerprint density at radius 2 is 2.10 bits per heavy atom. The largest absolute Gasteiger partial charge is 0.463 e. The predicted octanol–water partition coefficient (Wildman–Crippen LogP) is 2.02. The van der Waals surface area contributed by atoms with E-state index in [2.05, 4.69) is 6.07 Å². The van der Waals surface area contributed by atoms with Crippen molar-refractivity contribution in [1.82, 2.24) is 4.57 Å². The summed E-state index contributed by atoms with van der Waals surface area (Å²) >= 11 is 4.11. The number of hydrogen-bond acceptors (Lipinski definition) is 8. The van der Waals surface area contributed by atoms with Crippen LogP contribution in [0.3, 0.4) is 0 Å². The SMILES string of the molecule is CCOC(=O)C1=c2s/c(=C/c3cccs3)c(=O)n2C(N)=C(C#N)[C@H]1c1cccs1. The highest BCUT2D eigenvalue weighted by Crippen LogP contribution is 2.38. The Hall–Kier alpha value is -2.93. The minimum absolute atomic E-state index is 0.0565. The Kier molecular flexibility index (Phi) is 5.24. The minimum Gasteiger partial charge on any atom is -0.463 e. The summed E-state index contributed by atoms with van der Waals surface area (Å²) in [5.74, 6) is -1.16. The molecule has 1 aliphatic rings. The Morgan fingerprint density at radius 3 is 2.72 bits per heavy atom. The van der Waals surface area contributed by atoms with Crippen LogP contribution < -0.4 is 20.5 Å². The number of fused-ring (bicyclic) bond motifs is 1. The van der Waals surface area contributed by atoms with E-state index in [-0.39, 0.29) is 29.1 Å². The molecule has 0 unspecified atom stereocenters. The molecule has 1 atom stereocenters. The zero-order chi connectivity index (χ0) is 20.5. The standard InChI is InChI=1S/C20H15N3O3S3/c1-2-26-20(25)16-15(13-6-4-8-28-13)12(10-21)17(22)23-18(24)14(29-19(16)23)9-11-5-3-7-27-11/h3-9,15H,2,22H2,1H3/b14-9+/t15-/m0/s1. The minimum atomic E-state index is -0.660. The van der Waals surface area contributed by atoms with E-state index in [1.807, 2.05) is 35.0 Å². The number of nitrogens with two attached hydrogens (primary N) is 1. The molecule has 0 spiro atoms. The number of esters is 1. The lowest BCUT2D eigenvalue weighted by atomic mass is 9.88. The van der Waals surface area contributed by atoms with Gasteiger partial charge in [-0.2, -0.15) is 5.26 Å². The first-order valence-corrected chi connectivity index (χ1v) is 11.3. The molecule has 4 heterocycles.